The largest absolute Gasteiger partial charge is 0.493 e. The second kappa shape index (κ2) is 7.56. The molecule has 1 atom stereocenters. The van der Waals surface area contributed by atoms with Gasteiger partial charge in [-0.2, -0.15) is 0 Å². The van der Waals surface area contributed by atoms with Gasteiger partial charge in [-0.05, 0) is 18.2 Å². The highest BCUT2D eigenvalue weighted by Gasteiger charge is 2.23. The van der Waals surface area contributed by atoms with Crippen LogP contribution in [0.25, 0.3) is 10.9 Å². The lowest BCUT2D eigenvalue weighted by Crippen LogP contribution is -2.40. The minimum absolute atomic E-state index is 0.0251. The molecule has 0 saturated heterocycles. The molecule has 7 nitrogen and oxygen atoms in total. The van der Waals surface area contributed by atoms with Gasteiger partial charge in [0, 0.05) is 29.1 Å². The Morgan fingerprint density at radius 3 is 2.79 bits per heavy atom. The van der Waals surface area contributed by atoms with E-state index in [9.17, 15) is 14.4 Å². The number of pyridine rings is 1. The Bertz CT molecular complexity index is 1110. The minimum Gasteiger partial charge on any atom is -0.493 e. The van der Waals surface area contributed by atoms with Crippen molar-refractivity contribution in [3.8, 4) is 5.75 Å². The fourth-order valence-electron chi connectivity index (χ4n) is 3.33. The fraction of sp³-hybridized carbons (Fsp3) is 0.190. The van der Waals surface area contributed by atoms with Crippen molar-refractivity contribution in [1.82, 2.24) is 15.6 Å². The van der Waals surface area contributed by atoms with Gasteiger partial charge in [-0.3, -0.25) is 14.4 Å². The number of rotatable bonds is 4. The van der Waals surface area contributed by atoms with Crippen LogP contribution in [0.3, 0.4) is 0 Å². The van der Waals surface area contributed by atoms with E-state index in [0.717, 1.165) is 11.3 Å². The number of amides is 2. The summed E-state index contributed by atoms with van der Waals surface area (Å²) >= 11 is 0. The van der Waals surface area contributed by atoms with Crippen molar-refractivity contribution < 1.29 is 14.3 Å². The molecular weight excluding hydrogens is 358 g/mol. The van der Waals surface area contributed by atoms with Crippen LogP contribution in [-0.4, -0.2) is 29.9 Å². The predicted molar refractivity (Wildman–Crippen MR) is 104 cm³/mol. The minimum atomic E-state index is -0.588. The molecule has 142 valence electrons. The lowest BCUT2D eigenvalue weighted by molar-refractivity contribution is -0.121. The zero-order chi connectivity index (χ0) is 19.5. The van der Waals surface area contributed by atoms with Gasteiger partial charge in [0.25, 0.3) is 5.91 Å². The summed E-state index contributed by atoms with van der Waals surface area (Å²) in [6.45, 7) is 0.297. The van der Waals surface area contributed by atoms with Crippen LogP contribution in [0.1, 0.15) is 28.4 Å². The van der Waals surface area contributed by atoms with Crippen LogP contribution < -0.4 is 20.8 Å². The van der Waals surface area contributed by atoms with Gasteiger partial charge in [0.2, 0.25) is 11.3 Å². The van der Waals surface area contributed by atoms with E-state index in [2.05, 4.69) is 15.6 Å². The van der Waals surface area contributed by atoms with E-state index in [1.165, 1.54) is 6.20 Å². The molecule has 7 heteroatoms. The first-order valence-electron chi connectivity index (χ1n) is 9.03. The maximum atomic E-state index is 12.5. The van der Waals surface area contributed by atoms with Gasteiger partial charge in [0.05, 0.1) is 19.2 Å². The van der Waals surface area contributed by atoms with E-state index >= 15 is 0 Å². The summed E-state index contributed by atoms with van der Waals surface area (Å²) in [5.74, 6) is -0.160. The quantitative estimate of drug-likeness (QED) is 0.646. The Kier molecular flexibility index (Phi) is 4.80. The van der Waals surface area contributed by atoms with Gasteiger partial charge in [-0.25, -0.2) is 0 Å². The van der Waals surface area contributed by atoms with Crippen LogP contribution in [0.5, 0.6) is 5.75 Å². The summed E-state index contributed by atoms with van der Waals surface area (Å²) in [5, 5.41) is 5.85. The summed E-state index contributed by atoms with van der Waals surface area (Å²) in [6.07, 6.45) is 2.02. The first-order chi connectivity index (χ1) is 13.6. The number of fused-ring (bicyclic) bond motifs is 2. The first-order valence-corrected chi connectivity index (χ1v) is 9.03. The lowest BCUT2D eigenvalue weighted by Gasteiger charge is -2.26. The van der Waals surface area contributed by atoms with Crippen molar-refractivity contribution >= 4 is 22.7 Å². The van der Waals surface area contributed by atoms with Gasteiger partial charge >= 0.3 is 0 Å². The average molecular weight is 377 g/mol. The number of para-hydroxylation sites is 2. The number of nitrogens with one attached hydrogen (secondary N) is 3. The Labute approximate surface area is 160 Å². The summed E-state index contributed by atoms with van der Waals surface area (Å²) in [5.41, 5.74) is 1.17. The lowest BCUT2D eigenvalue weighted by atomic mass is 10.0. The summed E-state index contributed by atoms with van der Waals surface area (Å²) in [4.78, 5) is 40.1. The zero-order valence-corrected chi connectivity index (χ0v) is 15.0. The van der Waals surface area contributed by atoms with E-state index in [1.54, 1.807) is 24.3 Å². The SMILES string of the molecule is O=C(CNC(=O)c1c[nH]c2ccccc2c1=O)N[C@H]1CCOc2ccccc21. The van der Waals surface area contributed by atoms with Gasteiger partial charge < -0.3 is 20.4 Å². The Hall–Kier alpha value is -3.61. The molecule has 1 aliphatic heterocycles. The predicted octanol–water partition coefficient (Wildman–Crippen LogP) is 1.90. The van der Waals surface area contributed by atoms with Gasteiger partial charge in [0.1, 0.15) is 11.3 Å². The standard InChI is InChI=1S/C21H19N3O4/c25-19(24-17-9-10-28-18-8-4-2-5-13(17)18)12-23-21(27)15-11-22-16-7-3-1-6-14(16)20(15)26/h1-8,11,17H,9-10,12H2,(H,22,26)(H,23,27)(H,24,25)/t17-/m0/s1. The normalized spacial score (nSPS) is 15.4. The molecule has 3 N–H and O–H groups in total. The van der Waals surface area contributed by atoms with Crippen molar-refractivity contribution in [2.75, 3.05) is 13.2 Å². The highest BCUT2D eigenvalue weighted by Crippen LogP contribution is 2.31. The van der Waals surface area contributed by atoms with Crippen molar-refractivity contribution in [3.05, 3.63) is 76.1 Å². The number of H-pyrrole nitrogens is 1. The molecule has 3 aromatic rings. The molecule has 1 aliphatic rings. The number of carbonyl (C=O) groups is 2. The Morgan fingerprint density at radius 2 is 1.89 bits per heavy atom. The Morgan fingerprint density at radius 1 is 1.11 bits per heavy atom. The van der Waals surface area contributed by atoms with Crippen LogP contribution in [0.15, 0.2) is 59.5 Å². The molecule has 0 unspecified atom stereocenters. The summed E-state index contributed by atoms with van der Waals surface area (Å²) < 4.78 is 5.58. The third-order valence-electron chi connectivity index (χ3n) is 4.74. The molecular formula is C21H19N3O4. The maximum absolute atomic E-state index is 12.5. The molecule has 2 heterocycles. The molecule has 0 fully saturated rings. The van der Waals surface area contributed by atoms with Crippen LogP contribution >= 0.6 is 0 Å². The molecule has 2 aromatic carbocycles. The second-order valence-corrected chi connectivity index (χ2v) is 6.55. The molecule has 0 aliphatic carbocycles. The number of hydrogen-bond donors (Lipinski definition) is 3. The molecule has 4 rings (SSSR count). The van der Waals surface area contributed by atoms with Crippen molar-refractivity contribution in [2.24, 2.45) is 0 Å². The third-order valence-corrected chi connectivity index (χ3v) is 4.74. The molecule has 0 bridgehead atoms. The average Bonchev–Trinajstić information content (AvgIpc) is 2.73. The smallest absolute Gasteiger partial charge is 0.257 e. The van der Waals surface area contributed by atoms with Crippen molar-refractivity contribution in [2.45, 2.75) is 12.5 Å². The highest BCUT2D eigenvalue weighted by atomic mass is 16.5. The number of benzene rings is 2. The fourth-order valence-corrected chi connectivity index (χ4v) is 3.33. The number of hydrogen-bond acceptors (Lipinski definition) is 4. The second-order valence-electron chi connectivity index (χ2n) is 6.55. The van der Waals surface area contributed by atoms with Gasteiger partial charge in [-0.15, -0.1) is 0 Å². The van der Waals surface area contributed by atoms with E-state index in [0.29, 0.717) is 23.9 Å². The number of ether oxygens (including phenoxy) is 1. The van der Waals surface area contributed by atoms with E-state index in [1.807, 2.05) is 24.3 Å². The molecule has 28 heavy (non-hydrogen) atoms. The van der Waals surface area contributed by atoms with Gasteiger partial charge in [0.15, 0.2) is 0 Å². The topological polar surface area (TPSA) is 100 Å². The molecule has 0 saturated carbocycles. The zero-order valence-electron chi connectivity index (χ0n) is 15.0. The number of aromatic nitrogens is 1. The van der Waals surface area contributed by atoms with Crippen LogP contribution in [0.4, 0.5) is 0 Å². The first kappa shape index (κ1) is 17.8. The van der Waals surface area contributed by atoms with Crippen molar-refractivity contribution in [1.29, 1.82) is 0 Å². The third kappa shape index (κ3) is 3.46. The summed E-state index contributed by atoms with van der Waals surface area (Å²) in [6, 6.07) is 14.3. The van der Waals surface area contributed by atoms with E-state index < -0.39 is 5.91 Å². The molecule has 2 amide bonds. The molecule has 0 spiro atoms. The molecule has 1 aromatic heterocycles. The van der Waals surface area contributed by atoms with E-state index in [-0.39, 0.29) is 29.5 Å². The van der Waals surface area contributed by atoms with Crippen LogP contribution in [0, 0.1) is 0 Å². The highest BCUT2D eigenvalue weighted by molar-refractivity contribution is 5.98. The van der Waals surface area contributed by atoms with E-state index in [4.69, 9.17) is 4.74 Å². The van der Waals surface area contributed by atoms with Gasteiger partial charge in [-0.1, -0.05) is 30.3 Å². The number of carbonyl (C=O) groups excluding carboxylic acids is 2. The van der Waals surface area contributed by atoms with Crippen LogP contribution in [0.2, 0.25) is 0 Å². The van der Waals surface area contributed by atoms with Crippen molar-refractivity contribution in [3.63, 3.8) is 0 Å². The maximum Gasteiger partial charge on any atom is 0.257 e. The Balaban J connectivity index is 1.41. The molecule has 0 radical (unpaired) electrons. The van der Waals surface area contributed by atoms with Crippen LogP contribution in [-0.2, 0) is 4.79 Å². The number of aromatic amines is 1. The summed E-state index contributed by atoms with van der Waals surface area (Å²) in [7, 11) is 0. The monoisotopic (exact) mass is 377 g/mol.